The van der Waals surface area contributed by atoms with Crippen LogP contribution < -0.4 is 0 Å². The minimum Gasteiger partial charge on any atom is -0.344 e. The highest BCUT2D eigenvalue weighted by Crippen LogP contribution is 2.33. The Kier molecular flexibility index (Phi) is 2.69. The molecular weight excluding hydrogens is 280 g/mol. The lowest BCUT2D eigenvalue weighted by Gasteiger charge is -2.23. The van der Waals surface area contributed by atoms with Gasteiger partial charge < -0.3 is 9.47 Å². The molecule has 0 aromatic heterocycles. The summed E-state index contributed by atoms with van der Waals surface area (Å²) in [7, 11) is 0. The van der Waals surface area contributed by atoms with Gasteiger partial charge in [0, 0.05) is 10.0 Å². The van der Waals surface area contributed by atoms with E-state index < -0.39 is 5.79 Å². The monoisotopic (exact) mass is 292 g/mol. The number of hydrogen-bond acceptors (Lipinski definition) is 2. The average Bonchev–Trinajstić information content (AvgIpc) is 2.77. The van der Waals surface area contributed by atoms with Crippen molar-refractivity contribution in [2.24, 2.45) is 0 Å². The molecule has 0 amide bonds. The zero-order valence-corrected chi connectivity index (χ0v) is 11.2. The van der Waals surface area contributed by atoms with Crippen LogP contribution in [0, 0.1) is 0 Å². The van der Waals surface area contributed by atoms with Crippen LogP contribution in [0.5, 0.6) is 0 Å². The van der Waals surface area contributed by atoms with Crippen LogP contribution in [0.4, 0.5) is 0 Å². The topological polar surface area (TPSA) is 18.5 Å². The van der Waals surface area contributed by atoms with Crippen molar-refractivity contribution in [1.29, 1.82) is 0 Å². The van der Waals surface area contributed by atoms with Gasteiger partial charge in [0.15, 0.2) is 5.79 Å². The Morgan fingerprint density at radius 2 is 1.65 bits per heavy atom. The lowest BCUT2D eigenvalue weighted by molar-refractivity contribution is -0.149. The van der Waals surface area contributed by atoms with Crippen molar-refractivity contribution in [3.05, 3.63) is 46.4 Å². The first-order chi connectivity index (χ1) is 8.17. The summed E-state index contributed by atoms with van der Waals surface area (Å²) in [5.41, 5.74) is 1.07. The summed E-state index contributed by atoms with van der Waals surface area (Å²) >= 11 is 3.48. The summed E-state index contributed by atoms with van der Waals surface area (Å²) in [4.78, 5) is 0. The predicted molar refractivity (Wildman–Crippen MR) is 70.9 cm³/mol. The summed E-state index contributed by atoms with van der Waals surface area (Å²) in [6, 6.07) is 12.6. The van der Waals surface area contributed by atoms with Crippen molar-refractivity contribution < 1.29 is 9.47 Å². The minimum atomic E-state index is -0.582. The van der Waals surface area contributed by atoms with Crippen LogP contribution in [-0.4, -0.2) is 13.2 Å². The SMILES string of the molecule is CC1(c2ccc3cc(Br)ccc3c2)OCCO1. The van der Waals surface area contributed by atoms with Crippen molar-refractivity contribution in [3.8, 4) is 0 Å². The molecule has 1 aliphatic heterocycles. The summed E-state index contributed by atoms with van der Waals surface area (Å²) in [5.74, 6) is -0.582. The highest BCUT2D eigenvalue weighted by Gasteiger charge is 2.32. The van der Waals surface area contributed by atoms with Gasteiger partial charge in [0.2, 0.25) is 0 Å². The van der Waals surface area contributed by atoms with E-state index in [1.165, 1.54) is 10.8 Å². The Bertz CT molecular complexity index is 559. The number of benzene rings is 2. The number of rotatable bonds is 1. The highest BCUT2D eigenvalue weighted by molar-refractivity contribution is 9.10. The first-order valence-electron chi connectivity index (χ1n) is 5.65. The molecular formula is C14H13BrO2. The van der Waals surface area contributed by atoms with Crippen molar-refractivity contribution in [2.45, 2.75) is 12.7 Å². The minimum absolute atomic E-state index is 0.582. The molecule has 1 fully saturated rings. The fourth-order valence-corrected chi connectivity index (χ4v) is 2.56. The van der Waals surface area contributed by atoms with Gasteiger partial charge >= 0.3 is 0 Å². The molecule has 1 saturated heterocycles. The van der Waals surface area contributed by atoms with E-state index in [1.54, 1.807) is 0 Å². The van der Waals surface area contributed by atoms with Crippen LogP contribution in [0.3, 0.4) is 0 Å². The Morgan fingerprint density at radius 3 is 2.41 bits per heavy atom. The molecule has 17 heavy (non-hydrogen) atoms. The molecule has 0 aliphatic carbocycles. The third kappa shape index (κ3) is 1.99. The number of ether oxygens (including phenoxy) is 2. The largest absolute Gasteiger partial charge is 0.344 e. The lowest BCUT2D eigenvalue weighted by Crippen LogP contribution is -2.22. The van der Waals surface area contributed by atoms with Crippen molar-refractivity contribution in [3.63, 3.8) is 0 Å². The van der Waals surface area contributed by atoms with E-state index in [0.717, 1.165) is 10.0 Å². The zero-order valence-electron chi connectivity index (χ0n) is 9.57. The Balaban J connectivity index is 2.10. The maximum atomic E-state index is 5.67. The number of halogens is 1. The van der Waals surface area contributed by atoms with Crippen molar-refractivity contribution >= 4 is 26.7 Å². The second kappa shape index (κ2) is 4.09. The van der Waals surface area contributed by atoms with Gasteiger partial charge in [-0.15, -0.1) is 0 Å². The molecule has 0 atom stereocenters. The summed E-state index contributed by atoms with van der Waals surface area (Å²) in [6.07, 6.45) is 0. The van der Waals surface area contributed by atoms with Gasteiger partial charge in [-0.1, -0.05) is 34.1 Å². The molecule has 0 unspecified atom stereocenters. The van der Waals surface area contributed by atoms with Crippen LogP contribution >= 0.6 is 15.9 Å². The molecule has 2 aromatic rings. The molecule has 3 heteroatoms. The van der Waals surface area contributed by atoms with Gasteiger partial charge in [-0.3, -0.25) is 0 Å². The molecule has 1 aliphatic rings. The van der Waals surface area contributed by atoms with Gasteiger partial charge in [-0.2, -0.15) is 0 Å². The van der Waals surface area contributed by atoms with Crippen molar-refractivity contribution in [1.82, 2.24) is 0 Å². The molecule has 3 rings (SSSR count). The second-order valence-electron chi connectivity index (χ2n) is 4.35. The van der Waals surface area contributed by atoms with E-state index in [9.17, 15) is 0 Å². The molecule has 2 aromatic carbocycles. The quantitative estimate of drug-likeness (QED) is 0.795. The predicted octanol–water partition coefficient (Wildman–Crippen LogP) is 3.82. The fourth-order valence-electron chi connectivity index (χ4n) is 2.18. The normalized spacial score (nSPS) is 18.7. The third-order valence-corrected chi connectivity index (χ3v) is 3.66. The smallest absolute Gasteiger partial charge is 0.192 e. The van der Waals surface area contributed by atoms with E-state index in [4.69, 9.17) is 9.47 Å². The average molecular weight is 293 g/mol. The molecule has 1 heterocycles. The van der Waals surface area contributed by atoms with Gasteiger partial charge in [-0.25, -0.2) is 0 Å². The van der Waals surface area contributed by atoms with E-state index in [-0.39, 0.29) is 0 Å². The zero-order chi connectivity index (χ0) is 11.9. The Hall–Kier alpha value is -0.900. The third-order valence-electron chi connectivity index (χ3n) is 3.16. The van der Waals surface area contributed by atoms with Gasteiger partial charge in [0.05, 0.1) is 13.2 Å². The van der Waals surface area contributed by atoms with Crippen LogP contribution in [-0.2, 0) is 15.3 Å². The fraction of sp³-hybridized carbons (Fsp3) is 0.286. The number of fused-ring (bicyclic) bond motifs is 1. The summed E-state index contributed by atoms with van der Waals surface area (Å²) < 4.78 is 12.4. The molecule has 0 spiro atoms. The molecule has 2 nitrogen and oxygen atoms in total. The van der Waals surface area contributed by atoms with Crippen LogP contribution in [0.25, 0.3) is 10.8 Å². The summed E-state index contributed by atoms with van der Waals surface area (Å²) in [6.45, 7) is 3.30. The molecule has 0 radical (unpaired) electrons. The van der Waals surface area contributed by atoms with Gasteiger partial charge in [0.1, 0.15) is 0 Å². The molecule has 0 N–H and O–H groups in total. The van der Waals surface area contributed by atoms with Crippen LogP contribution in [0.2, 0.25) is 0 Å². The first-order valence-corrected chi connectivity index (χ1v) is 6.44. The maximum Gasteiger partial charge on any atom is 0.192 e. The molecule has 0 bridgehead atoms. The highest BCUT2D eigenvalue weighted by atomic mass is 79.9. The van der Waals surface area contributed by atoms with Gasteiger partial charge in [0.25, 0.3) is 0 Å². The van der Waals surface area contributed by atoms with E-state index in [0.29, 0.717) is 13.2 Å². The molecule has 0 saturated carbocycles. The standard InChI is InChI=1S/C14H13BrO2/c1-14(16-6-7-17-14)12-4-2-11-9-13(15)5-3-10(11)8-12/h2-5,8-9H,6-7H2,1H3. The summed E-state index contributed by atoms with van der Waals surface area (Å²) in [5, 5.41) is 2.41. The maximum absolute atomic E-state index is 5.67. The van der Waals surface area contributed by atoms with Crippen LogP contribution in [0.1, 0.15) is 12.5 Å². The van der Waals surface area contributed by atoms with Crippen molar-refractivity contribution in [2.75, 3.05) is 13.2 Å². The lowest BCUT2D eigenvalue weighted by atomic mass is 10.0. The van der Waals surface area contributed by atoms with Gasteiger partial charge in [-0.05, 0) is 35.9 Å². The Labute approximate surface area is 109 Å². The molecule has 88 valence electrons. The second-order valence-corrected chi connectivity index (χ2v) is 5.26. The Morgan fingerprint density at radius 1 is 1.00 bits per heavy atom. The van der Waals surface area contributed by atoms with E-state index in [1.807, 2.05) is 13.0 Å². The van der Waals surface area contributed by atoms with E-state index in [2.05, 4.69) is 46.3 Å². The van der Waals surface area contributed by atoms with Crippen LogP contribution in [0.15, 0.2) is 40.9 Å². The number of hydrogen-bond donors (Lipinski definition) is 0. The van der Waals surface area contributed by atoms with E-state index >= 15 is 0 Å². The first kappa shape index (κ1) is 11.2.